The van der Waals surface area contributed by atoms with Crippen LogP contribution >= 0.6 is 31.9 Å². The highest BCUT2D eigenvalue weighted by Gasteiger charge is 2.18. The molecule has 0 aliphatic rings. The zero-order valence-electron chi connectivity index (χ0n) is 14.9. The van der Waals surface area contributed by atoms with Crippen molar-refractivity contribution in [3.8, 4) is 0 Å². The molecule has 0 aliphatic heterocycles. The quantitative estimate of drug-likeness (QED) is 0.330. The lowest BCUT2D eigenvalue weighted by Crippen LogP contribution is -2.23. The smallest absolute Gasteiger partial charge is 0.0119 e. The molecule has 0 nitrogen and oxygen atoms in total. The molecular formula is C23H26IP. The Hall–Kier alpha value is -1.18. The summed E-state index contributed by atoms with van der Waals surface area (Å²) in [4.78, 5) is 0. The van der Waals surface area contributed by atoms with Gasteiger partial charge in [0.25, 0.3) is 0 Å². The van der Waals surface area contributed by atoms with E-state index in [9.17, 15) is 0 Å². The number of halogens is 1. The van der Waals surface area contributed by atoms with Crippen molar-refractivity contribution in [1.82, 2.24) is 0 Å². The summed E-state index contributed by atoms with van der Waals surface area (Å²) in [5, 5.41) is 4.36. The molecule has 0 fully saturated rings. The van der Waals surface area contributed by atoms with E-state index in [1.54, 1.807) is 0 Å². The lowest BCUT2D eigenvalue weighted by atomic mass is 10.0. The van der Waals surface area contributed by atoms with Crippen LogP contribution in [0.1, 0.15) is 25.8 Å². The molecule has 0 saturated carbocycles. The van der Waals surface area contributed by atoms with Crippen molar-refractivity contribution in [3.05, 3.63) is 90.5 Å². The van der Waals surface area contributed by atoms with Crippen LogP contribution in [0, 0.1) is 5.92 Å². The van der Waals surface area contributed by atoms with E-state index in [2.05, 4.69) is 98.8 Å². The van der Waals surface area contributed by atoms with Gasteiger partial charge >= 0.3 is 0 Å². The van der Waals surface area contributed by atoms with Crippen molar-refractivity contribution in [2.75, 3.05) is 0 Å². The Balaban J connectivity index is 0.00000225. The van der Waals surface area contributed by atoms with Crippen molar-refractivity contribution >= 4 is 47.8 Å². The maximum Gasteiger partial charge on any atom is -0.0119 e. The Morgan fingerprint density at radius 2 is 1.16 bits per heavy atom. The van der Waals surface area contributed by atoms with E-state index in [1.165, 1.54) is 27.9 Å². The number of rotatable bonds is 6. The van der Waals surface area contributed by atoms with E-state index in [-0.39, 0.29) is 24.0 Å². The summed E-state index contributed by atoms with van der Waals surface area (Å²) in [7, 11) is -0.498. The maximum absolute atomic E-state index is 2.33. The summed E-state index contributed by atoms with van der Waals surface area (Å²) in [6.07, 6.45) is 2.40. The standard InChI is InChI=1S/C23H25P.HI/c1-19(2)17-18-20-11-9-10-16-23(20)24(21-12-5-3-6-13-21)22-14-7-4-8-15-22;/h3-16,19H,17-18H2,1-2H3;1H. The topological polar surface area (TPSA) is 0 Å². The van der Waals surface area contributed by atoms with Gasteiger partial charge in [0.15, 0.2) is 0 Å². The molecule has 0 saturated heterocycles. The highest BCUT2D eigenvalue weighted by molar-refractivity contribution is 14.0. The molecule has 2 heteroatoms. The average Bonchev–Trinajstić information content (AvgIpc) is 2.63. The molecule has 0 atom stereocenters. The summed E-state index contributed by atoms with van der Waals surface area (Å²) in [5.41, 5.74) is 1.50. The number of benzene rings is 3. The van der Waals surface area contributed by atoms with Gasteiger partial charge in [-0.2, -0.15) is 0 Å². The second kappa shape index (κ2) is 10.1. The predicted octanol–water partition coefficient (Wildman–Crippen LogP) is 5.65. The van der Waals surface area contributed by atoms with E-state index in [0.717, 1.165) is 12.3 Å². The molecule has 0 unspecified atom stereocenters. The highest BCUT2D eigenvalue weighted by Crippen LogP contribution is 2.34. The maximum atomic E-state index is 2.33. The van der Waals surface area contributed by atoms with E-state index in [0.29, 0.717) is 0 Å². The molecule has 25 heavy (non-hydrogen) atoms. The number of hydrogen-bond donors (Lipinski definition) is 0. The Bertz CT molecular complexity index is 714. The van der Waals surface area contributed by atoms with Crippen LogP contribution in [0.2, 0.25) is 0 Å². The molecule has 3 aromatic rings. The molecule has 0 N–H and O–H groups in total. The van der Waals surface area contributed by atoms with Gasteiger partial charge in [-0.3, -0.25) is 0 Å². The summed E-state index contributed by atoms with van der Waals surface area (Å²) in [6.45, 7) is 4.61. The molecule has 0 radical (unpaired) electrons. The van der Waals surface area contributed by atoms with Crippen molar-refractivity contribution < 1.29 is 0 Å². The van der Waals surface area contributed by atoms with Crippen LogP contribution in [-0.2, 0) is 6.42 Å². The third-order valence-electron chi connectivity index (χ3n) is 4.25. The lowest BCUT2D eigenvalue weighted by Gasteiger charge is -2.22. The van der Waals surface area contributed by atoms with Crippen LogP contribution in [0.4, 0.5) is 0 Å². The molecule has 0 spiro atoms. The zero-order chi connectivity index (χ0) is 16.8. The fourth-order valence-corrected chi connectivity index (χ4v) is 5.47. The SMILES string of the molecule is CC(C)CCc1ccccc1P(c1ccccc1)c1ccccc1.I. The molecule has 3 rings (SSSR count). The van der Waals surface area contributed by atoms with Gasteiger partial charge in [-0.1, -0.05) is 98.8 Å². The molecule has 0 aliphatic carbocycles. The van der Waals surface area contributed by atoms with Crippen molar-refractivity contribution in [1.29, 1.82) is 0 Å². The minimum absolute atomic E-state index is 0. The molecule has 130 valence electrons. The van der Waals surface area contributed by atoms with Gasteiger partial charge < -0.3 is 0 Å². The van der Waals surface area contributed by atoms with Crippen LogP contribution < -0.4 is 15.9 Å². The monoisotopic (exact) mass is 460 g/mol. The van der Waals surface area contributed by atoms with E-state index < -0.39 is 7.92 Å². The number of hydrogen-bond acceptors (Lipinski definition) is 0. The van der Waals surface area contributed by atoms with Gasteiger partial charge in [-0.15, -0.1) is 24.0 Å². The lowest BCUT2D eigenvalue weighted by molar-refractivity contribution is 0.587. The fourth-order valence-electron chi connectivity index (χ4n) is 2.97. The van der Waals surface area contributed by atoms with Crippen LogP contribution in [-0.4, -0.2) is 0 Å². The van der Waals surface area contributed by atoms with Crippen molar-refractivity contribution in [2.45, 2.75) is 26.7 Å². The Labute approximate surface area is 170 Å². The Morgan fingerprint density at radius 3 is 1.68 bits per heavy atom. The fraction of sp³-hybridized carbons (Fsp3) is 0.217. The van der Waals surface area contributed by atoms with E-state index in [1.807, 2.05) is 0 Å². The van der Waals surface area contributed by atoms with Crippen LogP contribution in [0.3, 0.4) is 0 Å². The summed E-state index contributed by atoms with van der Waals surface area (Å²) >= 11 is 0. The molecule has 0 aromatic heterocycles. The molecule has 0 bridgehead atoms. The Morgan fingerprint density at radius 1 is 0.680 bits per heavy atom. The van der Waals surface area contributed by atoms with Crippen LogP contribution in [0.15, 0.2) is 84.9 Å². The van der Waals surface area contributed by atoms with E-state index in [4.69, 9.17) is 0 Å². The minimum atomic E-state index is -0.498. The van der Waals surface area contributed by atoms with Gasteiger partial charge in [0.05, 0.1) is 0 Å². The normalized spacial score (nSPS) is 10.7. The third-order valence-corrected chi connectivity index (χ3v) is 6.80. The van der Waals surface area contributed by atoms with Crippen molar-refractivity contribution in [3.63, 3.8) is 0 Å². The second-order valence-corrected chi connectivity index (χ2v) is 8.75. The highest BCUT2D eigenvalue weighted by atomic mass is 127. The summed E-state index contributed by atoms with van der Waals surface area (Å²) in [5.74, 6) is 0.734. The summed E-state index contributed by atoms with van der Waals surface area (Å²) < 4.78 is 0. The first-order chi connectivity index (χ1) is 11.8. The second-order valence-electron chi connectivity index (χ2n) is 6.57. The van der Waals surface area contributed by atoms with Gasteiger partial charge in [-0.25, -0.2) is 0 Å². The molecule has 0 heterocycles. The molecule has 3 aromatic carbocycles. The number of aryl methyl sites for hydroxylation is 1. The van der Waals surface area contributed by atoms with Gasteiger partial charge in [-0.05, 0) is 48.2 Å². The van der Waals surface area contributed by atoms with Crippen LogP contribution in [0.5, 0.6) is 0 Å². The first-order valence-electron chi connectivity index (χ1n) is 8.74. The Kier molecular flexibility index (Phi) is 8.12. The first-order valence-corrected chi connectivity index (χ1v) is 10.1. The van der Waals surface area contributed by atoms with Gasteiger partial charge in [0.1, 0.15) is 0 Å². The average molecular weight is 460 g/mol. The van der Waals surface area contributed by atoms with Gasteiger partial charge in [0, 0.05) is 0 Å². The molecular weight excluding hydrogens is 434 g/mol. The molecule has 0 amide bonds. The summed E-state index contributed by atoms with van der Waals surface area (Å²) in [6, 6.07) is 31.0. The van der Waals surface area contributed by atoms with Crippen LogP contribution in [0.25, 0.3) is 0 Å². The first kappa shape index (κ1) is 20.1. The van der Waals surface area contributed by atoms with Gasteiger partial charge in [0.2, 0.25) is 0 Å². The third kappa shape index (κ3) is 5.39. The van der Waals surface area contributed by atoms with E-state index >= 15 is 0 Å². The minimum Gasteiger partial charge on any atom is -0.107 e. The van der Waals surface area contributed by atoms with Crippen molar-refractivity contribution in [2.24, 2.45) is 5.92 Å². The largest absolute Gasteiger partial charge is 0.107 e. The zero-order valence-corrected chi connectivity index (χ0v) is 18.2. The predicted molar refractivity (Wildman–Crippen MR) is 124 cm³/mol.